The number of methoxy groups -OCH3 is 2. The van der Waals surface area contributed by atoms with E-state index in [1.807, 2.05) is 47.6 Å². The smallest absolute Gasteiger partial charge is 0.326 e. The maximum Gasteiger partial charge on any atom is 0.326 e. The fourth-order valence-electron chi connectivity index (χ4n) is 7.37. The van der Waals surface area contributed by atoms with Gasteiger partial charge in [0.25, 0.3) is 0 Å². The molecule has 1 aliphatic heterocycles. The molecule has 2 rings (SSSR count). The van der Waals surface area contributed by atoms with E-state index in [-0.39, 0.29) is 55.4 Å². The largest absolute Gasteiger partial charge is 0.480 e. The van der Waals surface area contributed by atoms with E-state index in [9.17, 15) is 29.1 Å². The first-order chi connectivity index (χ1) is 24.9. The topological polar surface area (TPSA) is 167 Å². The molecule has 1 aromatic rings. The molecule has 14 heteroatoms. The number of nitrogens with one attached hydrogen (secondary N) is 3. The summed E-state index contributed by atoms with van der Waals surface area (Å²) in [6.45, 7) is 12.8. The van der Waals surface area contributed by atoms with Crippen LogP contribution in [-0.2, 0) is 39.9 Å². The van der Waals surface area contributed by atoms with Crippen LogP contribution in [0.25, 0.3) is 0 Å². The van der Waals surface area contributed by atoms with Gasteiger partial charge in [-0.2, -0.15) is 0 Å². The molecule has 1 saturated heterocycles. The number of carboxylic acid groups (broad SMARTS) is 1. The number of carboxylic acids is 1. The molecule has 13 nitrogen and oxygen atoms in total. The van der Waals surface area contributed by atoms with Crippen molar-refractivity contribution in [3.63, 3.8) is 0 Å². The number of hydrogen-bond acceptors (Lipinski definition) is 8. The number of aliphatic carboxylic acids is 1. The molecule has 4 N–H and O–H groups in total. The summed E-state index contributed by atoms with van der Waals surface area (Å²) in [4.78, 5) is 69.8. The maximum absolute atomic E-state index is 15.1. The first-order valence-corrected chi connectivity index (χ1v) is 18.7. The fourth-order valence-corrected chi connectivity index (χ4v) is 7.37. The number of amides is 4. The Bertz CT molecular complexity index is 1350. The Morgan fingerprint density at radius 1 is 0.943 bits per heavy atom. The zero-order valence-corrected chi connectivity index (χ0v) is 33.4. The van der Waals surface area contributed by atoms with Gasteiger partial charge in [0, 0.05) is 34.1 Å². The quantitative estimate of drug-likeness (QED) is 0.148. The highest BCUT2D eigenvalue weighted by Crippen LogP contribution is 2.31. The minimum absolute atomic E-state index is 0.00732. The van der Waals surface area contributed by atoms with Crippen molar-refractivity contribution in [3.8, 4) is 0 Å². The van der Waals surface area contributed by atoms with Crippen LogP contribution < -0.4 is 16.0 Å². The van der Waals surface area contributed by atoms with Crippen LogP contribution in [0.15, 0.2) is 30.3 Å². The number of nitrogens with zero attached hydrogens (tertiary/aromatic N) is 2. The summed E-state index contributed by atoms with van der Waals surface area (Å²) in [6, 6.07) is 4.99. The van der Waals surface area contributed by atoms with E-state index < -0.39 is 72.3 Å². The Hall–Kier alpha value is -3.62. The van der Waals surface area contributed by atoms with Crippen molar-refractivity contribution in [1.82, 2.24) is 25.8 Å². The summed E-state index contributed by atoms with van der Waals surface area (Å²) >= 11 is 0. The monoisotopic (exact) mass is 749 g/mol. The van der Waals surface area contributed by atoms with E-state index in [1.54, 1.807) is 50.2 Å². The Kier molecular flexibility index (Phi) is 18.3. The van der Waals surface area contributed by atoms with Crippen molar-refractivity contribution in [1.29, 1.82) is 0 Å². The Balaban J connectivity index is 2.31. The van der Waals surface area contributed by atoms with E-state index in [0.717, 1.165) is 5.56 Å². The molecule has 53 heavy (non-hydrogen) atoms. The average Bonchev–Trinajstić information content (AvgIpc) is 3.50. The van der Waals surface area contributed by atoms with E-state index in [2.05, 4.69) is 16.0 Å². The van der Waals surface area contributed by atoms with Gasteiger partial charge < -0.3 is 40.3 Å². The highest BCUT2D eigenvalue weighted by Gasteiger charge is 2.46. The first-order valence-electron chi connectivity index (χ1n) is 18.7. The number of ether oxygens (including phenoxy) is 2. The molecule has 1 heterocycles. The van der Waals surface area contributed by atoms with E-state index in [0.29, 0.717) is 6.42 Å². The molecule has 1 aromatic carbocycles. The minimum Gasteiger partial charge on any atom is -0.480 e. The maximum atomic E-state index is 15.1. The van der Waals surface area contributed by atoms with Gasteiger partial charge >= 0.3 is 5.97 Å². The van der Waals surface area contributed by atoms with Crippen molar-refractivity contribution in [2.45, 2.75) is 123 Å². The summed E-state index contributed by atoms with van der Waals surface area (Å²) in [5.41, 5.74) is 0.734. The first kappa shape index (κ1) is 45.5. The zero-order chi connectivity index (χ0) is 40.2. The van der Waals surface area contributed by atoms with Crippen LogP contribution in [0.2, 0.25) is 0 Å². The van der Waals surface area contributed by atoms with Crippen LogP contribution in [0, 0.1) is 23.7 Å². The molecule has 0 saturated carbocycles. The van der Waals surface area contributed by atoms with Gasteiger partial charge in [-0.3, -0.25) is 19.2 Å². The zero-order valence-electron chi connectivity index (χ0n) is 33.4. The number of likely N-dealkylation sites (tertiary alicyclic amines) is 1. The van der Waals surface area contributed by atoms with Crippen molar-refractivity contribution in [2.75, 3.05) is 34.9 Å². The lowest BCUT2D eigenvalue weighted by Gasteiger charge is -2.41. The lowest BCUT2D eigenvalue weighted by molar-refractivity contribution is -0.148. The summed E-state index contributed by atoms with van der Waals surface area (Å²) in [5, 5.41) is 18.4. The lowest BCUT2D eigenvalue weighted by Crippen LogP contribution is -2.59. The van der Waals surface area contributed by atoms with Gasteiger partial charge in [-0.05, 0) is 30.4 Å². The summed E-state index contributed by atoms with van der Waals surface area (Å²) < 4.78 is 26.8. The average molecular weight is 750 g/mol. The lowest BCUT2D eigenvalue weighted by atomic mass is 9.89. The van der Waals surface area contributed by atoms with E-state index >= 15 is 4.39 Å². The third kappa shape index (κ3) is 12.2. The Labute approximate surface area is 315 Å². The SMILES string of the molecule is CC[C@H](C)[C@@H]([C@@H](CC(=O)N1C[C@@H](F)C[C@H]1[C@H](OC)[C@@H](C)C(=O)N[C@@H](Cc1ccccc1)C(=O)O)OC)N(C)C(=O)[C@@H](NC(=O)[C@@H](NC)C(C)C)C(C)C. The molecule has 0 unspecified atom stereocenters. The molecule has 4 amide bonds. The third-order valence-electron chi connectivity index (χ3n) is 10.6. The van der Waals surface area contributed by atoms with E-state index in [1.165, 1.54) is 19.1 Å². The summed E-state index contributed by atoms with van der Waals surface area (Å²) in [6.07, 6.45) is -2.63. The van der Waals surface area contributed by atoms with Crippen molar-refractivity contribution in [3.05, 3.63) is 35.9 Å². The number of hydrogen-bond donors (Lipinski definition) is 4. The van der Waals surface area contributed by atoms with Gasteiger partial charge in [0.1, 0.15) is 18.3 Å². The number of rotatable bonds is 21. The van der Waals surface area contributed by atoms with Crippen LogP contribution >= 0.6 is 0 Å². The number of benzene rings is 1. The Morgan fingerprint density at radius 3 is 2.04 bits per heavy atom. The van der Waals surface area contributed by atoms with Crippen molar-refractivity contribution < 1.29 is 42.9 Å². The van der Waals surface area contributed by atoms with Gasteiger partial charge in [-0.25, -0.2) is 9.18 Å². The number of carbonyl (C=O) groups is 5. The van der Waals surface area contributed by atoms with Crippen LogP contribution in [0.5, 0.6) is 0 Å². The predicted octanol–water partition coefficient (Wildman–Crippen LogP) is 3.05. The molecule has 300 valence electrons. The highest BCUT2D eigenvalue weighted by atomic mass is 19.1. The summed E-state index contributed by atoms with van der Waals surface area (Å²) in [5.74, 6) is -4.12. The molecular formula is C39H64FN5O8. The molecule has 0 aliphatic carbocycles. The van der Waals surface area contributed by atoms with Gasteiger partial charge in [0.15, 0.2) is 0 Å². The third-order valence-corrected chi connectivity index (χ3v) is 10.6. The molecule has 0 aromatic heterocycles. The van der Waals surface area contributed by atoms with Crippen LogP contribution in [-0.4, -0.2) is 128 Å². The number of likely N-dealkylation sites (N-methyl/N-ethyl adjacent to an activating group) is 2. The molecule has 10 atom stereocenters. The molecule has 0 radical (unpaired) electrons. The fraction of sp³-hybridized carbons (Fsp3) is 0.718. The normalized spacial score (nSPS) is 20.5. The minimum atomic E-state index is -1.37. The second-order valence-electron chi connectivity index (χ2n) is 15.1. The number of alkyl halides is 1. The standard InChI is InChI=1S/C39H64FN5O8/c1-12-24(6)34(44(9)38(49)33(23(4)5)43-37(48)32(41-8)22(2)3)30(52-10)20-31(46)45-21-27(40)19-29(45)35(53-11)25(7)36(47)42-28(39(50)51)18-26-16-14-13-15-17-26/h13-17,22-25,27-30,32-35,41H,12,18-21H2,1-11H3,(H,42,47)(H,43,48)(H,50,51)/t24-,25+,27-,28-,29-,30+,32-,33-,34-,35+/m0/s1. The molecule has 0 bridgehead atoms. The van der Waals surface area contributed by atoms with Gasteiger partial charge in [-0.15, -0.1) is 0 Å². The Morgan fingerprint density at radius 2 is 1.55 bits per heavy atom. The van der Waals surface area contributed by atoms with Crippen LogP contribution in [0.4, 0.5) is 4.39 Å². The van der Waals surface area contributed by atoms with Crippen LogP contribution in [0.3, 0.4) is 0 Å². The number of carbonyl (C=O) groups excluding carboxylic acids is 4. The second-order valence-corrected chi connectivity index (χ2v) is 15.1. The second kappa shape index (κ2) is 21.3. The van der Waals surface area contributed by atoms with E-state index in [4.69, 9.17) is 9.47 Å². The van der Waals surface area contributed by atoms with Crippen molar-refractivity contribution >= 4 is 29.6 Å². The molecule has 1 fully saturated rings. The summed E-state index contributed by atoms with van der Waals surface area (Å²) in [7, 11) is 6.19. The van der Waals surface area contributed by atoms with Crippen molar-refractivity contribution in [2.24, 2.45) is 23.7 Å². The highest BCUT2D eigenvalue weighted by molar-refractivity contribution is 5.90. The predicted molar refractivity (Wildman–Crippen MR) is 201 cm³/mol. The van der Waals surface area contributed by atoms with Gasteiger partial charge in [-0.1, -0.05) is 85.2 Å². The number of halogens is 1. The molecule has 0 spiro atoms. The van der Waals surface area contributed by atoms with Crippen LogP contribution in [0.1, 0.15) is 73.3 Å². The van der Waals surface area contributed by atoms with Gasteiger partial charge in [0.2, 0.25) is 23.6 Å². The molecular weight excluding hydrogens is 685 g/mol. The molecule has 1 aliphatic rings. The van der Waals surface area contributed by atoms with Gasteiger partial charge in [0.05, 0.1) is 49.2 Å².